The molecule has 0 bridgehead atoms. The molecule has 20 heavy (non-hydrogen) atoms. The Bertz CT molecular complexity index is 498. The van der Waals surface area contributed by atoms with Gasteiger partial charge in [-0.15, -0.1) is 0 Å². The van der Waals surface area contributed by atoms with Gasteiger partial charge in [0.05, 0.1) is 13.2 Å². The molecule has 1 rings (SSSR count). The van der Waals surface area contributed by atoms with Crippen molar-refractivity contribution in [2.75, 3.05) is 13.2 Å². The van der Waals surface area contributed by atoms with E-state index in [2.05, 4.69) is 0 Å². The number of ether oxygens (including phenoxy) is 2. The van der Waals surface area contributed by atoms with Crippen molar-refractivity contribution in [3.05, 3.63) is 29.3 Å². The molecule has 4 heteroatoms. The van der Waals surface area contributed by atoms with Crippen molar-refractivity contribution in [1.82, 2.24) is 0 Å². The van der Waals surface area contributed by atoms with Crippen LogP contribution in [0.3, 0.4) is 0 Å². The lowest BCUT2D eigenvalue weighted by atomic mass is 9.85. The second-order valence-electron chi connectivity index (χ2n) is 5.44. The van der Waals surface area contributed by atoms with E-state index in [0.717, 1.165) is 11.3 Å². The summed E-state index contributed by atoms with van der Waals surface area (Å²) in [4.78, 5) is 23.5. The molecular formula is C16H22O4. The molecule has 0 heterocycles. The SMILES string of the molecule is CCOC(=O)C(=O)c1ccc(OCC)c(C(C)(C)C)c1. The van der Waals surface area contributed by atoms with Gasteiger partial charge in [-0.2, -0.15) is 0 Å². The van der Waals surface area contributed by atoms with Gasteiger partial charge in [0.15, 0.2) is 0 Å². The molecule has 0 radical (unpaired) electrons. The van der Waals surface area contributed by atoms with E-state index in [9.17, 15) is 9.59 Å². The minimum Gasteiger partial charge on any atom is -0.494 e. The Morgan fingerprint density at radius 2 is 1.75 bits per heavy atom. The number of hydrogen-bond donors (Lipinski definition) is 0. The second-order valence-corrected chi connectivity index (χ2v) is 5.44. The average molecular weight is 278 g/mol. The molecule has 1 aromatic rings. The first kappa shape index (κ1) is 16.2. The quantitative estimate of drug-likeness (QED) is 0.472. The molecule has 0 fully saturated rings. The van der Waals surface area contributed by atoms with Gasteiger partial charge in [0.25, 0.3) is 5.78 Å². The summed E-state index contributed by atoms with van der Waals surface area (Å²) in [6.45, 7) is 10.4. The molecule has 0 spiro atoms. The molecule has 0 aliphatic heterocycles. The average Bonchev–Trinajstić information content (AvgIpc) is 2.37. The summed E-state index contributed by atoms with van der Waals surface area (Å²) < 4.78 is 10.3. The third-order valence-electron chi connectivity index (χ3n) is 2.81. The maximum Gasteiger partial charge on any atom is 0.379 e. The molecular weight excluding hydrogens is 256 g/mol. The third-order valence-corrected chi connectivity index (χ3v) is 2.81. The predicted octanol–water partition coefficient (Wildman–Crippen LogP) is 3.13. The van der Waals surface area contributed by atoms with Crippen LogP contribution in [0.15, 0.2) is 18.2 Å². The molecule has 0 atom stereocenters. The minimum atomic E-state index is -0.823. The number of ketones is 1. The highest BCUT2D eigenvalue weighted by atomic mass is 16.5. The molecule has 0 saturated carbocycles. The van der Waals surface area contributed by atoms with Crippen LogP contribution in [0.25, 0.3) is 0 Å². The van der Waals surface area contributed by atoms with E-state index in [1.807, 2.05) is 27.7 Å². The molecule has 0 aliphatic rings. The van der Waals surface area contributed by atoms with Crippen LogP contribution in [-0.4, -0.2) is 25.0 Å². The smallest absolute Gasteiger partial charge is 0.379 e. The summed E-state index contributed by atoms with van der Waals surface area (Å²) in [7, 11) is 0. The lowest BCUT2D eigenvalue weighted by Gasteiger charge is -2.23. The van der Waals surface area contributed by atoms with Gasteiger partial charge >= 0.3 is 5.97 Å². The van der Waals surface area contributed by atoms with Gasteiger partial charge in [0.2, 0.25) is 0 Å². The maximum atomic E-state index is 12.0. The summed E-state index contributed by atoms with van der Waals surface area (Å²) >= 11 is 0. The minimum absolute atomic E-state index is 0.185. The Balaban J connectivity index is 3.19. The zero-order chi connectivity index (χ0) is 15.3. The molecule has 0 aromatic heterocycles. The van der Waals surface area contributed by atoms with E-state index in [-0.39, 0.29) is 12.0 Å². The van der Waals surface area contributed by atoms with E-state index >= 15 is 0 Å². The van der Waals surface area contributed by atoms with Gasteiger partial charge < -0.3 is 9.47 Å². The van der Waals surface area contributed by atoms with Crippen molar-refractivity contribution in [2.24, 2.45) is 0 Å². The Kier molecular flexibility index (Phi) is 5.31. The number of benzene rings is 1. The second kappa shape index (κ2) is 6.55. The summed E-state index contributed by atoms with van der Waals surface area (Å²) in [6.07, 6.45) is 0. The highest BCUT2D eigenvalue weighted by molar-refractivity contribution is 6.40. The van der Waals surface area contributed by atoms with Crippen LogP contribution in [0.2, 0.25) is 0 Å². The van der Waals surface area contributed by atoms with Crippen molar-refractivity contribution < 1.29 is 19.1 Å². The van der Waals surface area contributed by atoms with Crippen molar-refractivity contribution in [3.8, 4) is 5.75 Å². The number of carbonyl (C=O) groups is 2. The number of esters is 1. The summed E-state index contributed by atoms with van der Waals surface area (Å²) in [5.74, 6) is -0.711. The summed E-state index contributed by atoms with van der Waals surface area (Å²) in [5.41, 5.74) is 1.04. The van der Waals surface area contributed by atoms with Crippen LogP contribution in [0, 0.1) is 0 Å². The van der Waals surface area contributed by atoms with Gasteiger partial charge in [0, 0.05) is 11.1 Å². The predicted molar refractivity (Wildman–Crippen MR) is 77.3 cm³/mol. The Morgan fingerprint density at radius 1 is 1.10 bits per heavy atom. The molecule has 0 unspecified atom stereocenters. The van der Waals surface area contributed by atoms with Gasteiger partial charge in [-0.3, -0.25) is 4.79 Å². The van der Waals surface area contributed by atoms with Crippen LogP contribution in [0.4, 0.5) is 0 Å². The first-order chi connectivity index (χ1) is 9.31. The lowest BCUT2D eigenvalue weighted by Crippen LogP contribution is -2.20. The third kappa shape index (κ3) is 3.83. The van der Waals surface area contributed by atoms with Crippen molar-refractivity contribution >= 4 is 11.8 Å². The maximum absolute atomic E-state index is 12.0. The van der Waals surface area contributed by atoms with Crippen molar-refractivity contribution in [3.63, 3.8) is 0 Å². The van der Waals surface area contributed by atoms with Crippen LogP contribution >= 0.6 is 0 Å². The van der Waals surface area contributed by atoms with Gasteiger partial charge in [-0.1, -0.05) is 20.8 Å². The summed E-state index contributed by atoms with van der Waals surface area (Å²) in [5, 5.41) is 0. The largest absolute Gasteiger partial charge is 0.494 e. The monoisotopic (exact) mass is 278 g/mol. The number of carbonyl (C=O) groups excluding carboxylic acids is 2. The molecule has 110 valence electrons. The summed E-state index contributed by atoms with van der Waals surface area (Å²) in [6, 6.07) is 5.04. The van der Waals surface area contributed by atoms with Gasteiger partial charge in [-0.05, 0) is 37.5 Å². The van der Waals surface area contributed by atoms with Crippen molar-refractivity contribution in [1.29, 1.82) is 0 Å². The highest BCUT2D eigenvalue weighted by Crippen LogP contribution is 2.32. The van der Waals surface area contributed by atoms with Crippen LogP contribution in [0.1, 0.15) is 50.5 Å². The fourth-order valence-electron chi connectivity index (χ4n) is 1.85. The number of Topliss-reactive ketones (excluding diaryl/α,β-unsaturated/α-hetero) is 1. The van der Waals surface area contributed by atoms with E-state index in [4.69, 9.17) is 9.47 Å². The standard InChI is InChI=1S/C16H22O4/c1-6-19-13-9-8-11(10-12(13)16(3,4)5)14(17)15(18)20-7-2/h8-10H,6-7H2,1-5H3. The topological polar surface area (TPSA) is 52.6 Å². The fraction of sp³-hybridized carbons (Fsp3) is 0.500. The number of rotatable bonds is 5. The lowest BCUT2D eigenvalue weighted by molar-refractivity contribution is -0.137. The number of hydrogen-bond acceptors (Lipinski definition) is 4. The molecule has 0 saturated heterocycles. The zero-order valence-corrected chi connectivity index (χ0v) is 12.8. The molecule has 1 aromatic carbocycles. The Labute approximate surface area is 120 Å². The first-order valence-electron chi connectivity index (χ1n) is 6.80. The van der Waals surface area contributed by atoms with E-state index in [1.165, 1.54) is 0 Å². The Morgan fingerprint density at radius 3 is 2.25 bits per heavy atom. The Hall–Kier alpha value is -1.84. The zero-order valence-electron chi connectivity index (χ0n) is 12.8. The van der Waals surface area contributed by atoms with Crippen LogP contribution < -0.4 is 4.74 Å². The molecule has 4 nitrogen and oxygen atoms in total. The normalized spacial score (nSPS) is 11.1. The van der Waals surface area contributed by atoms with Crippen molar-refractivity contribution in [2.45, 2.75) is 40.0 Å². The van der Waals surface area contributed by atoms with E-state index < -0.39 is 11.8 Å². The fourth-order valence-corrected chi connectivity index (χ4v) is 1.85. The molecule has 0 amide bonds. The van der Waals surface area contributed by atoms with Crippen LogP contribution in [0.5, 0.6) is 5.75 Å². The van der Waals surface area contributed by atoms with Gasteiger partial charge in [-0.25, -0.2) is 4.79 Å². The van der Waals surface area contributed by atoms with Crippen LogP contribution in [-0.2, 0) is 14.9 Å². The molecule has 0 aliphatic carbocycles. The van der Waals surface area contributed by atoms with Gasteiger partial charge in [0.1, 0.15) is 5.75 Å². The molecule has 0 N–H and O–H groups in total. The highest BCUT2D eigenvalue weighted by Gasteiger charge is 2.24. The first-order valence-corrected chi connectivity index (χ1v) is 6.80. The van der Waals surface area contributed by atoms with E-state index in [1.54, 1.807) is 25.1 Å². The van der Waals surface area contributed by atoms with E-state index in [0.29, 0.717) is 12.2 Å².